The van der Waals surface area contributed by atoms with Gasteiger partial charge in [-0.05, 0) is 51.3 Å². The predicted molar refractivity (Wildman–Crippen MR) is 114 cm³/mol. The molecule has 29 heavy (non-hydrogen) atoms. The second-order valence-electron chi connectivity index (χ2n) is 7.04. The van der Waals surface area contributed by atoms with Crippen molar-refractivity contribution in [1.29, 1.82) is 0 Å². The number of nitrogens with one attached hydrogen (secondary N) is 1. The third kappa shape index (κ3) is 4.40. The number of rotatable bonds is 5. The Morgan fingerprint density at radius 1 is 1.21 bits per heavy atom. The Morgan fingerprint density at radius 2 is 1.93 bits per heavy atom. The van der Waals surface area contributed by atoms with Gasteiger partial charge in [-0.2, -0.15) is 4.31 Å². The minimum absolute atomic E-state index is 0.127. The van der Waals surface area contributed by atoms with Crippen LogP contribution in [0.5, 0.6) is 0 Å². The molecule has 1 unspecified atom stereocenters. The molecule has 0 saturated carbocycles. The van der Waals surface area contributed by atoms with Crippen LogP contribution >= 0.6 is 22.7 Å². The minimum atomic E-state index is -3.61. The summed E-state index contributed by atoms with van der Waals surface area (Å²) in [7, 11) is -2.31. The van der Waals surface area contributed by atoms with Gasteiger partial charge in [-0.15, -0.1) is 22.7 Å². The van der Waals surface area contributed by atoms with E-state index in [0.717, 1.165) is 15.3 Å². The zero-order valence-electron chi connectivity index (χ0n) is 16.8. The number of carbonyl (C=O) groups is 2. The molecule has 1 fully saturated rings. The van der Waals surface area contributed by atoms with Gasteiger partial charge >= 0.3 is 5.97 Å². The summed E-state index contributed by atoms with van der Waals surface area (Å²) in [6.07, 6.45) is 1.20. The molecule has 1 aliphatic heterocycles. The first-order valence-corrected chi connectivity index (χ1v) is 12.3. The summed E-state index contributed by atoms with van der Waals surface area (Å²) >= 11 is 2.55. The molecular weight excluding hydrogens is 432 g/mol. The van der Waals surface area contributed by atoms with Gasteiger partial charge in [-0.3, -0.25) is 4.79 Å². The van der Waals surface area contributed by atoms with Crippen molar-refractivity contribution in [3.8, 4) is 0 Å². The molecular formula is C19H24N2O5S3. The lowest BCUT2D eigenvalue weighted by atomic mass is 9.99. The van der Waals surface area contributed by atoms with Crippen molar-refractivity contribution in [3.63, 3.8) is 0 Å². The number of hydrogen-bond donors (Lipinski definition) is 1. The van der Waals surface area contributed by atoms with Crippen molar-refractivity contribution in [2.45, 2.75) is 37.8 Å². The molecule has 0 aromatic carbocycles. The highest BCUT2D eigenvalue weighted by Crippen LogP contribution is 2.34. The van der Waals surface area contributed by atoms with E-state index in [1.165, 1.54) is 34.1 Å². The molecule has 1 aliphatic rings. The van der Waals surface area contributed by atoms with Gasteiger partial charge in [0, 0.05) is 22.8 Å². The van der Waals surface area contributed by atoms with E-state index in [2.05, 4.69) is 5.32 Å². The second kappa shape index (κ2) is 8.55. The van der Waals surface area contributed by atoms with Gasteiger partial charge in [0.2, 0.25) is 5.91 Å². The van der Waals surface area contributed by atoms with E-state index in [-0.39, 0.29) is 12.5 Å². The average Bonchev–Trinajstić information content (AvgIpc) is 3.25. The number of anilines is 1. The first-order chi connectivity index (χ1) is 13.6. The molecule has 10 heteroatoms. The van der Waals surface area contributed by atoms with E-state index in [0.29, 0.717) is 34.2 Å². The van der Waals surface area contributed by atoms with Crippen LogP contribution in [0.25, 0.3) is 0 Å². The van der Waals surface area contributed by atoms with E-state index in [1.54, 1.807) is 12.1 Å². The molecule has 2 aromatic rings. The largest absolute Gasteiger partial charge is 0.465 e. The zero-order chi connectivity index (χ0) is 21.3. The summed E-state index contributed by atoms with van der Waals surface area (Å²) in [5.74, 6) is -1.26. The number of aryl methyl sites for hydroxylation is 2. The Bertz CT molecular complexity index is 1040. The number of esters is 1. The molecule has 1 atom stereocenters. The number of carbonyl (C=O) groups excluding carboxylic acids is 2. The minimum Gasteiger partial charge on any atom is -0.465 e. The first-order valence-electron chi connectivity index (χ1n) is 9.21. The highest BCUT2D eigenvalue weighted by atomic mass is 32.2. The van der Waals surface area contributed by atoms with E-state index < -0.39 is 21.9 Å². The van der Waals surface area contributed by atoms with Crippen LogP contribution in [-0.4, -0.2) is 44.8 Å². The van der Waals surface area contributed by atoms with Crippen LogP contribution in [-0.2, 0) is 19.6 Å². The molecule has 0 radical (unpaired) electrons. The molecule has 7 nitrogen and oxygen atoms in total. The number of amides is 1. The van der Waals surface area contributed by atoms with Gasteiger partial charge in [-0.25, -0.2) is 13.2 Å². The molecule has 1 amide bonds. The Kier molecular flexibility index (Phi) is 6.47. The second-order valence-corrected chi connectivity index (χ2v) is 11.7. The molecule has 1 N–H and O–H groups in total. The smallest absolute Gasteiger partial charge is 0.341 e. The monoisotopic (exact) mass is 456 g/mol. The molecule has 1 saturated heterocycles. The van der Waals surface area contributed by atoms with Gasteiger partial charge in [-0.1, -0.05) is 0 Å². The lowest BCUT2D eigenvalue weighted by molar-refractivity contribution is -0.120. The highest BCUT2D eigenvalue weighted by molar-refractivity contribution is 7.91. The molecule has 3 rings (SSSR count). The maximum atomic E-state index is 12.9. The Labute approximate surface area is 178 Å². The van der Waals surface area contributed by atoms with E-state index in [4.69, 9.17) is 4.74 Å². The van der Waals surface area contributed by atoms with Crippen LogP contribution < -0.4 is 5.32 Å². The molecule has 0 spiro atoms. The van der Waals surface area contributed by atoms with Crippen molar-refractivity contribution in [2.75, 3.05) is 25.5 Å². The van der Waals surface area contributed by atoms with Gasteiger partial charge in [0.05, 0.1) is 18.6 Å². The van der Waals surface area contributed by atoms with Gasteiger partial charge in [0.1, 0.15) is 9.21 Å². The van der Waals surface area contributed by atoms with Crippen LogP contribution in [0.1, 0.15) is 38.5 Å². The number of hydrogen-bond acceptors (Lipinski definition) is 7. The standard InChI is InChI=1S/C19H24N2O5S3/c1-11-7-8-15(27-11)29(24,25)21-9-5-6-14(10-21)17(22)20-18-16(19(23)26-4)12(2)13(3)28-18/h7-8,14H,5-6,9-10H2,1-4H3,(H,20,22). The van der Waals surface area contributed by atoms with Gasteiger partial charge in [0.15, 0.2) is 0 Å². The number of nitrogens with zero attached hydrogens (tertiary/aromatic N) is 1. The van der Waals surface area contributed by atoms with Crippen molar-refractivity contribution < 1.29 is 22.7 Å². The van der Waals surface area contributed by atoms with E-state index in [9.17, 15) is 18.0 Å². The third-order valence-electron chi connectivity index (χ3n) is 5.08. The fraction of sp³-hybridized carbons (Fsp3) is 0.474. The Balaban J connectivity index is 1.77. The molecule has 0 aliphatic carbocycles. The zero-order valence-corrected chi connectivity index (χ0v) is 19.2. The quantitative estimate of drug-likeness (QED) is 0.695. The average molecular weight is 457 g/mol. The van der Waals surface area contributed by atoms with Crippen molar-refractivity contribution in [2.24, 2.45) is 5.92 Å². The van der Waals surface area contributed by atoms with Crippen LogP contribution in [0.2, 0.25) is 0 Å². The molecule has 0 bridgehead atoms. The summed E-state index contributed by atoms with van der Waals surface area (Å²) in [5, 5.41) is 3.28. The number of sulfonamides is 1. The predicted octanol–water partition coefficient (Wildman–Crippen LogP) is 3.56. The Hall–Kier alpha value is -1.75. The maximum absolute atomic E-state index is 12.9. The Morgan fingerprint density at radius 3 is 2.55 bits per heavy atom. The number of thiophene rings is 2. The van der Waals surface area contributed by atoms with Gasteiger partial charge < -0.3 is 10.1 Å². The van der Waals surface area contributed by atoms with E-state index >= 15 is 0 Å². The van der Waals surface area contributed by atoms with Crippen molar-refractivity contribution in [1.82, 2.24) is 4.31 Å². The van der Waals surface area contributed by atoms with E-state index in [1.807, 2.05) is 20.8 Å². The lowest BCUT2D eigenvalue weighted by Crippen LogP contribution is -2.43. The normalized spacial score (nSPS) is 17.9. The van der Waals surface area contributed by atoms with Crippen molar-refractivity contribution in [3.05, 3.63) is 33.0 Å². The third-order valence-corrected chi connectivity index (χ3v) is 9.53. The summed E-state index contributed by atoms with van der Waals surface area (Å²) < 4.78 is 32.3. The van der Waals surface area contributed by atoms with Crippen LogP contribution in [0.3, 0.4) is 0 Å². The topological polar surface area (TPSA) is 92.8 Å². The summed E-state index contributed by atoms with van der Waals surface area (Å²) in [6.45, 7) is 6.07. The molecule has 158 valence electrons. The fourth-order valence-electron chi connectivity index (χ4n) is 3.33. The maximum Gasteiger partial charge on any atom is 0.341 e. The number of ether oxygens (including phenoxy) is 1. The SMILES string of the molecule is COC(=O)c1c(NC(=O)C2CCCN(S(=O)(=O)c3ccc(C)s3)C2)sc(C)c1C. The highest BCUT2D eigenvalue weighted by Gasteiger charge is 2.34. The van der Waals surface area contributed by atoms with Crippen LogP contribution in [0, 0.1) is 26.7 Å². The summed E-state index contributed by atoms with van der Waals surface area (Å²) in [4.78, 5) is 26.8. The summed E-state index contributed by atoms with van der Waals surface area (Å²) in [5.41, 5.74) is 1.13. The first kappa shape index (κ1) is 21.9. The number of methoxy groups -OCH3 is 1. The summed E-state index contributed by atoms with van der Waals surface area (Å²) in [6, 6.07) is 3.39. The van der Waals surface area contributed by atoms with Crippen LogP contribution in [0.4, 0.5) is 5.00 Å². The van der Waals surface area contributed by atoms with Crippen LogP contribution in [0.15, 0.2) is 16.3 Å². The lowest BCUT2D eigenvalue weighted by Gasteiger charge is -2.30. The fourth-order valence-corrected chi connectivity index (χ4v) is 7.34. The molecule has 3 heterocycles. The molecule has 2 aromatic heterocycles. The number of piperidine rings is 1. The van der Waals surface area contributed by atoms with Crippen molar-refractivity contribution >= 4 is 49.6 Å². The van der Waals surface area contributed by atoms with Gasteiger partial charge in [0.25, 0.3) is 10.0 Å².